The number of alkyl carbamates (subject to hydrolysis) is 2. The zero-order valence-corrected chi connectivity index (χ0v) is 37.3. The average Bonchev–Trinajstić information content (AvgIpc) is 4.13. The molecule has 0 bridgehead atoms. The summed E-state index contributed by atoms with van der Waals surface area (Å²) in [5.41, 5.74) is 5.95. The van der Waals surface area contributed by atoms with Crippen LogP contribution in [0.1, 0.15) is 76.3 Å². The molecule has 0 aliphatic carbocycles. The van der Waals surface area contributed by atoms with Crippen LogP contribution in [0.2, 0.25) is 0 Å². The van der Waals surface area contributed by atoms with Gasteiger partial charge in [-0.2, -0.15) is 8.78 Å². The van der Waals surface area contributed by atoms with Gasteiger partial charge < -0.3 is 54.1 Å². The third-order valence-corrected chi connectivity index (χ3v) is 12.9. The zero-order chi connectivity index (χ0) is 46.3. The van der Waals surface area contributed by atoms with Crippen LogP contribution in [0.3, 0.4) is 0 Å². The number of carbonyl (C=O) groups excluding carboxylic acids is 4. The molecular formula is C46H54F2N8O9. The molecule has 2 fully saturated rings. The Bertz CT molecular complexity index is 2600. The topological polar surface area (TPSA) is 202 Å². The molecule has 3 aromatic carbocycles. The number of carbonyl (C=O) groups is 4. The second kappa shape index (κ2) is 18.6. The normalized spacial score (nSPS) is 20.7. The third-order valence-electron chi connectivity index (χ3n) is 12.9. The Morgan fingerprint density at radius 3 is 2.35 bits per heavy atom. The van der Waals surface area contributed by atoms with Gasteiger partial charge in [-0.25, -0.2) is 19.6 Å². The van der Waals surface area contributed by atoms with Crippen LogP contribution in [-0.2, 0) is 35.1 Å². The fourth-order valence-electron chi connectivity index (χ4n) is 9.40. The molecule has 0 radical (unpaired) electrons. The molecule has 65 heavy (non-hydrogen) atoms. The molecule has 19 heteroatoms. The molecule has 7 atom stereocenters. The first kappa shape index (κ1) is 45.2. The fourth-order valence-corrected chi connectivity index (χ4v) is 9.40. The van der Waals surface area contributed by atoms with E-state index in [-0.39, 0.29) is 43.5 Å². The number of aromatic nitrogens is 4. The number of rotatable bonds is 13. The van der Waals surface area contributed by atoms with Gasteiger partial charge in [0.2, 0.25) is 11.8 Å². The van der Waals surface area contributed by atoms with Crippen LogP contribution in [0.5, 0.6) is 5.75 Å². The van der Waals surface area contributed by atoms with E-state index in [1.165, 1.54) is 26.2 Å². The van der Waals surface area contributed by atoms with Gasteiger partial charge in [0.15, 0.2) is 0 Å². The minimum Gasteiger partial charge on any atom is -0.488 e. The Morgan fingerprint density at radius 2 is 1.65 bits per heavy atom. The van der Waals surface area contributed by atoms with Crippen molar-refractivity contribution in [3.63, 3.8) is 0 Å². The number of alkyl halides is 2. The predicted molar refractivity (Wildman–Crippen MR) is 234 cm³/mol. The van der Waals surface area contributed by atoms with Crippen LogP contribution in [0.25, 0.3) is 44.2 Å². The number of amides is 4. The minimum absolute atomic E-state index is 0.0463. The quantitative estimate of drug-likeness (QED) is 0.0949. The van der Waals surface area contributed by atoms with Crippen molar-refractivity contribution in [2.75, 3.05) is 34.5 Å². The van der Waals surface area contributed by atoms with Gasteiger partial charge >= 0.3 is 18.8 Å². The molecule has 2 aromatic heterocycles. The van der Waals surface area contributed by atoms with Crippen molar-refractivity contribution in [2.45, 2.75) is 96.5 Å². The molecule has 3 aliphatic heterocycles. The average molecular weight is 901 g/mol. The van der Waals surface area contributed by atoms with E-state index in [1.807, 2.05) is 49.9 Å². The molecule has 3 aliphatic rings. The number of halogens is 2. The number of aromatic amines is 2. The van der Waals surface area contributed by atoms with E-state index in [1.54, 1.807) is 13.1 Å². The van der Waals surface area contributed by atoms with Crippen molar-refractivity contribution in [1.29, 1.82) is 0 Å². The second-order valence-corrected chi connectivity index (χ2v) is 17.3. The van der Waals surface area contributed by atoms with Crippen molar-refractivity contribution in [3.8, 4) is 28.1 Å². The summed E-state index contributed by atoms with van der Waals surface area (Å²) in [4.78, 5) is 72.3. The van der Waals surface area contributed by atoms with Gasteiger partial charge in [0.1, 0.15) is 36.1 Å². The number of hydrogen-bond donors (Lipinski definition) is 4. The number of benzene rings is 3. The highest BCUT2D eigenvalue weighted by Crippen LogP contribution is 2.44. The monoisotopic (exact) mass is 900 g/mol. The number of nitrogens with zero attached hydrogens (tertiary/aromatic N) is 4. The van der Waals surface area contributed by atoms with Crippen LogP contribution in [0.4, 0.5) is 18.4 Å². The van der Waals surface area contributed by atoms with E-state index in [0.29, 0.717) is 35.0 Å². The summed E-state index contributed by atoms with van der Waals surface area (Å²) in [5.74, 6) is 0.550. The number of hydrogen-bond acceptors (Lipinski definition) is 11. The highest BCUT2D eigenvalue weighted by molar-refractivity contribution is 6.07. The number of methoxy groups -OCH3 is 3. The SMILES string of the molecule is COC(=O)NC(C(=O)N1[C@@H](C)CC[C@H]1c1ncc(-c2ccc3c(c2)COc2cc4c(ccc5[nH]c([C@@H]6C[C@H](COC(F)F)CN6C(=O)[C@@H](NC(=O)OC)[C@@H](C)OC)nc54)cc2-3)[nH]1)C(C)C. The summed E-state index contributed by atoms with van der Waals surface area (Å²) in [7, 11) is 3.88. The van der Waals surface area contributed by atoms with E-state index in [9.17, 15) is 28.0 Å². The van der Waals surface area contributed by atoms with Crippen LogP contribution >= 0.6 is 0 Å². The lowest BCUT2D eigenvalue weighted by Gasteiger charge is -2.32. The van der Waals surface area contributed by atoms with Gasteiger partial charge in [0.05, 0.1) is 61.9 Å². The Balaban J connectivity index is 1.06. The highest BCUT2D eigenvalue weighted by Gasteiger charge is 2.44. The molecule has 346 valence electrons. The summed E-state index contributed by atoms with van der Waals surface area (Å²) in [5, 5.41) is 6.98. The lowest BCUT2D eigenvalue weighted by molar-refractivity contribution is -0.140. The van der Waals surface area contributed by atoms with Crippen molar-refractivity contribution in [3.05, 3.63) is 65.9 Å². The predicted octanol–water partition coefficient (Wildman–Crippen LogP) is 6.99. The maximum Gasteiger partial charge on any atom is 0.407 e. The molecule has 5 aromatic rings. The van der Waals surface area contributed by atoms with Gasteiger partial charge in [-0.15, -0.1) is 0 Å². The second-order valence-electron chi connectivity index (χ2n) is 17.3. The summed E-state index contributed by atoms with van der Waals surface area (Å²) >= 11 is 0. The van der Waals surface area contributed by atoms with E-state index in [4.69, 9.17) is 28.9 Å². The number of imidazole rings is 2. The molecule has 0 spiro atoms. The molecule has 1 unspecified atom stereocenters. The Hall–Kier alpha value is -6.34. The van der Waals surface area contributed by atoms with Gasteiger partial charge in [-0.05, 0) is 85.4 Å². The molecule has 17 nitrogen and oxygen atoms in total. The number of ether oxygens (including phenoxy) is 5. The van der Waals surface area contributed by atoms with Crippen LogP contribution in [0, 0.1) is 11.8 Å². The first-order chi connectivity index (χ1) is 31.2. The maximum absolute atomic E-state index is 14.1. The Labute approximate surface area is 373 Å². The van der Waals surface area contributed by atoms with Gasteiger partial charge in [0.25, 0.3) is 0 Å². The van der Waals surface area contributed by atoms with Gasteiger partial charge in [-0.3, -0.25) is 9.59 Å². The minimum atomic E-state index is -2.97. The van der Waals surface area contributed by atoms with Crippen LogP contribution < -0.4 is 15.4 Å². The number of nitrogens with one attached hydrogen (secondary N) is 4. The van der Waals surface area contributed by atoms with E-state index in [0.717, 1.165) is 51.6 Å². The largest absolute Gasteiger partial charge is 0.488 e. The van der Waals surface area contributed by atoms with Gasteiger partial charge in [0, 0.05) is 36.6 Å². The molecule has 2 saturated heterocycles. The molecule has 8 rings (SSSR count). The summed E-state index contributed by atoms with van der Waals surface area (Å²) in [6.45, 7) is 4.57. The molecular weight excluding hydrogens is 847 g/mol. The molecule has 5 heterocycles. The first-order valence-corrected chi connectivity index (χ1v) is 21.7. The summed E-state index contributed by atoms with van der Waals surface area (Å²) in [6, 6.07) is 11.2. The van der Waals surface area contributed by atoms with E-state index in [2.05, 4.69) is 43.5 Å². The lowest BCUT2D eigenvalue weighted by atomic mass is 9.92. The molecule has 4 N–H and O–H groups in total. The van der Waals surface area contributed by atoms with Crippen molar-refractivity contribution >= 4 is 45.8 Å². The van der Waals surface area contributed by atoms with Crippen molar-refractivity contribution in [1.82, 2.24) is 40.4 Å². The lowest BCUT2D eigenvalue weighted by Crippen LogP contribution is -2.54. The number of H-pyrrole nitrogens is 2. The zero-order valence-electron chi connectivity index (χ0n) is 37.3. The number of fused-ring (bicyclic) bond motifs is 6. The molecule has 4 amide bonds. The fraction of sp³-hybridized carbons (Fsp3) is 0.478. The Kier molecular flexibility index (Phi) is 13.0. The van der Waals surface area contributed by atoms with Gasteiger partial charge in [-0.1, -0.05) is 32.0 Å². The van der Waals surface area contributed by atoms with E-state index < -0.39 is 54.9 Å². The Morgan fingerprint density at radius 1 is 0.892 bits per heavy atom. The third kappa shape index (κ3) is 8.90. The maximum atomic E-state index is 14.1. The van der Waals surface area contributed by atoms with Crippen LogP contribution in [-0.4, -0.2) is 119 Å². The summed E-state index contributed by atoms with van der Waals surface area (Å²) < 4.78 is 52.3. The summed E-state index contributed by atoms with van der Waals surface area (Å²) in [6.07, 6.45) is 1.37. The smallest absolute Gasteiger partial charge is 0.407 e. The van der Waals surface area contributed by atoms with Crippen molar-refractivity contribution < 1.29 is 51.6 Å². The first-order valence-electron chi connectivity index (χ1n) is 21.7. The molecule has 0 saturated carbocycles. The highest BCUT2D eigenvalue weighted by atomic mass is 19.3. The van der Waals surface area contributed by atoms with E-state index >= 15 is 0 Å². The standard InChI is InChI=1S/C46H54F2N8O9/c1-22(2)37(53-45(59)62-6)43(58)56-23(3)8-13-34(56)40-49-18-33(51-40)27-9-11-29-28(15-27)21-64-36-17-30-26(16-31(29)36)10-12-32-39(30)52-41(50-32)35-14-25(20-65-44(47)48)19-55(35)42(57)38(24(4)61-5)54-46(60)63-7/h9-12,15-18,22-25,34-35,37-38,44H,8,13-14,19-21H2,1-7H3,(H,49,51)(H,50,52)(H,53,59)(H,54,60)/t23-,24+,25-,34-,35-,37?,38-/m0/s1. The van der Waals surface area contributed by atoms with Crippen molar-refractivity contribution in [2.24, 2.45) is 11.8 Å². The number of likely N-dealkylation sites (tertiary alicyclic amines) is 2. The van der Waals surface area contributed by atoms with Crippen LogP contribution in [0.15, 0.2) is 48.7 Å².